The summed E-state index contributed by atoms with van der Waals surface area (Å²) in [6, 6.07) is 17.0. The monoisotopic (exact) mass is 627 g/mol. The van der Waals surface area contributed by atoms with Crippen LogP contribution in [0.1, 0.15) is 60.5 Å². The maximum Gasteiger partial charge on any atom is 0.301 e. The Labute approximate surface area is 262 Å². The molecule has 6 rings (SSSR count). The number of anilines is 1. The Balaban J connectivity index is 1.45. The maximum atomic E-state index is 14.2. The van der Waals surface area contributed by atoms with Gasteiger partial charge in [-0.3, -0.25) is 14.5 Å². The summed E-state index contributed by atoms with van der Waals surface area (Å²) in [5.41, 5.74) is 4.45. The van der Waals surface area contributed by atoms with Gasteiger partial charge >= 0.3 is 5.91 Å². The lowest BCUT2D eigenvalue weighted by Crippen LogP contribution is -2.29. The van der Waals surface area contributed by atoms with Crippen LogP contribution in [0.3, 0.4) is 0 Å². The zero-order chi connectivity index (χ0) is 31.3. The molecule has 44 heavy (non-hydrogen) atoms. The number of hydrogen-bond donors (Lipinski definition) is 1. The Bertz CT molecular complexity index is 1960. The fourth-order valence-corrected chi connectivity index (χ4v) is 7.15. The van der Waals surface area contributed by atoms with E-state index in [1.165, 1.54) is 22.7 Å². The molecule has 1 N–H and O–H groups in total. The van der Waals surface area contributed by atoms with Gasteiger partial charge in [0.25, 0.3) is 5.78 Å². The predicted octanol–water partition coefficient (Wildman–Crippen LogP) is 7.16. The molecule has 3 aromatic heterocycles. The van der Waals surface area contributed by atoms with Crippen LogP contribution in [0.5, 0.6) is 0 Å². The molecule has 0 aliphatic carbocycles. The third kappa shape index (κ3) is 5.20. The van der Waals surface area contributed by atoms with Crippen LogP contribution in [0.15, 0.2) is 76.8 Å². The predicted molar refractivity (Wildman–Crippen MR) is 170 cm³/mol. The highest BCUT2D eigenvalue weighted by Gasteiger charge is 2.49. The van der Waals surface area contributed by atoms with Crippen LogP contribution in [-0.4, -0.2) is 36.4 Å². The van der Waals surface area contributed by atoms with E-state index in [1.54, 1.807) is 18.2 Å². The maximum absolute atomic E-state index is 14.2. The average molecular weight is 628 g/mol. The molecule has 8 nitrogen and oxygen atoms in total. The van der Waals surface area contributed by atoms with Crippen LogP contribution in [-0.2, 0) is 20.8 Å². The Morgan fingerprint density at radius 3 is 2.43 bits per heavy atom. The van der Waals surface area contributed by atoms with E-state index in [9.17, 15) is 19.1 Å². The lowest BCUT2D eigenvalue weighted by molar-refractivity contribution is -0.132. The van der Waals surface area contributed by atoms with Gasteiger partial charge in [0.15, 0.2) is 10.1 Å². The Kier molecular flexibility index (Phi) is 7.63. The minimum Gasteiger partial charge on any atom is -0.505 e. The van der Waals surface area contributed by atoms with Crippen molar-refractivity contribution in [3.05, 3.63) is 112 Å². The molecule has 0 bridgehead atoms. The van der Waals surface area contributed by atoms with Gasteiger partial charge in [-0.1, -0.05) is 92.4 Å². The molecule has 1 amide bonds. The fourth-order valence-electron chi connectivity index (χ4n) is 5.30. The summed E-state index contributed by atoms with van der Waals surface area (Å²) in [5, 5.41) is 20.4. The highest BCUT2D eigenvalue weighted by molar-refractivity contribution is 8.00. The third-order valence-corrected chi connectivity index (χ3v) is 9.86. The van der Waals surface area contributed by atoms with Crippen molar-refractivity contribution >= 4 is 51.3 Å². The number of ketones is 1. The number of nitrogens with zero attached hydrogens (tertiary/aromatic N) is 5. The number of rotatable bonds is 6. The second kappa shape index (κ2) is 11.3. The highest BCUT2D eigenvalue weighted by atomic mass is 32.2. The number of thioether (sulfide) groups is 1. The number of fused-ring (bicyclic) bond motifs is 1. The molecule has 1 unspecified atom stereocenters. The van der Waals surface area contributed by atoms with E-state index < -0.39 is 17.7 Å². The van der Waals surface area contributed by atoms with Gasteiger partial charge in [0, 0.05) is 11.9 Å². The standard InChI is InChI=1S/C33H30FN5O3S2/c1-18-9-8-16-38-19(2)25(35-29(18)38)27(40)24-26(20-12-14-22(15-13-20)33(3,4)5)39(30(42)28(24)41)31-36-37-32(44-31)43-17-21-10-6-7-11-23(21)34/h6-16,26,40H,17H2,1-5H3/b27-24+. The summed E-state index contributed by atoms with van der Waals surface area (Å²) in [6.45, 7) is 10.0. The van der Waals surface area contributed by atoms with Crippen molar-refractivity contribution in [2.75, 3.05) is 4.90 Å². The number of benzene rings is 2. The van der Waals surface area contributed by atoms with Crippen LogP contribution in [0.2, 0.25) is 0 Å². The number of aliphatic hydroxyl groups excluding tert-OH is 1. The number of hydrogen-bond acceptors (Lipinski definition) is 8. The minimum absolute atomic E-state index is 0.0709. The molecule has 0 spiro atoms. The molecular formula is C33H30FN5O3S2. The van der Waals surface area contributed by atoms with Crippen LogP contribution in [0.25, 0.3) is 11.4 Å². The normalized spacial score (nSPS) is 16.8. The second-order valence-corrected chi connectivity index (χ2v) is 13.9. The number of Topliss-reactive ketones (excluding diaryl/α,β-unsaturated/α-hetero) is 1. The van der Waals surface area contributed by atoms with E-state index in [1.807, 2.05) is 60.8 Å². The third-order valence-electron chi connectivity index (χ3n) is 7.76. The van der Waals surface area contributed by atoms with E-state index in [2.05, 4.69) is 36.0 Å². The largest absolute Gasteiger partial charge is 0.505 e. The van der Waals surface area contributed by atoms with Crippen molar-refractivity contribution < 1.29 is 19.1 Å². The number of amides is 1. The number of aryl methyl sites for hydroxylation is 2. The molecule has 1 aliphatic rings. The van der Waals surface area contributed by atoms with Gasteiger partial charge in [0.2, 0.25) is 5.13 Å². The van der Waals surface area contributed by atoms with E-state index in [-0.39, 0.29) is 33.4 Å². The molecule has 1 atom stereocenters. The number of carbonyl (C=O) groups is 2. The summed E-state index contributed by atoms with van der Waals surface area (Å²) >= 11 is 2.42. The van der Waals surface area contributed by atoms with Gasteiger partial charge in [0.1, 0.15) is 17.2 Å². The number of aromatic nitrogens is 4. The average Bonchev–Trinajstić information content (AvgIpc) is 3.67. The first-order chi connectivity index (χ1) is 21.0. The molecule has 0 saturated carbocycles. The van der Waals surface area contributed by atoms with Crippen molar-refractivity contribution in [1.29, 1.82) is 0 Å². The zero-order valence-electron chi connectivity index (χ0n) is 24.8. The molecule has 4 heterocycles. The lowest BCUT2D eigenvalue weighted by Gasteiger charge is -2.24. The molecule has 224 valence electrons. The highest BCUT2D eigenvalue weighted by Crippen LogP contribution is 2.44. The molecule has 1 saturated heterocycles. The number of imidazole rings is 1. The number of aliphatic hydroxyl groups is 1. The summed E-state index contributed by atoms with van der Waals surface area (Å²) in [6.07, 6.45) is 1.84. The molecule has 1 aliphatic heterocycles. The Morgan fingerprint density at radius 1 is 1.02 bits per heavy atom. The number of pyridine rings is 1. The van der Waals surface area contributed by atoms with Gasteiger partial charge in [-0.25, -0.2) is 9.37 Å². The van der Waals surface area contributed by atoms with Gasteiger partial charge < -0.3 is 9.51 Å². The number of halogens is 1. The lowest BCUT2D eigenvalue weighted by atomic mass is 9.85. The fraction of sp³-hybridized carbons (Fsp3) is 0.242. The van der Waals surface area contributed by atoms with Crippen LogP contribution in [0, 0.1) is 19.7 Å². The van der Waals surface area contributed by atoms with Crippen molar-refractivity contribution in [2.24, 2.45) is 0 Å². The first-order valence-corrected chi connectivity index (χ1v) is 15.8. The molecule has 0 radical (unpaired) electrons. The van der Waals surface area contributed by atoms with Crippen molar-refractivity contribution in [2.45, 2.75) is 56.2 Å². The van der Waals surface area contributed by atoms with Crippen LogP contribution < -0.4 is 4.90 Å². The van der Waals surface area contributed by atoms with Crippen LogP contribution >= 0.6 is 23.1 Å². The summed E-state index contributed by atoms with van der Waals surface area (Å²) < 4.78 is 16.5. The molecule has 5 aromatic rings. The van der Waals surface area contributed by atoms with Gasteiger partial charge in [-0.15, -0.1) is 10.2 Å². The summed E-state index contributed by atoms with van der Waals surface area (Å²) in [7, 11) is 0. The van der Waals surface area contributed by atoms with Crippen LogP contribution in [0.4, 0.5) is 9.52 Å². The Hall–Kier alpha value is -4.35. The van der Waals surface area contributed by atoms with Gasteiger partial charge in [0.05, 0.1) is 17.3 Å². The quantitative estimate of drug-likeness (QED) is 0.0701. The smallest absolute Gasteiger partial charge is 0.301 e. The van der Waals surface area contributed by atoms with E-state index in [0.29, 0.717) is 32.6 Å². The molecule has 1 fully saturated rings. The number of carbonyl (C=O) groups excluding carboxylic acids is 2. The van der Waals surface area contributed by atoms with Crippen molar-refractivity contribution in [1.82, 2.24) is 19.6 Å². The van der Waals surface area contributed by atoms with Crippen molar-refractivity contribution in [3.8, 4) is 0 Å². The minimum atomic E-state index is -0.966. The topological polar surface area (TPSA) is 101 Å². The van der Waals surface area contributed by atoms with E-state index in [0.717, 1.165) is 22.5 Å². The SMILES string of the molecule is Cc1cccn2c(C)c(/C(O)=C3\C(=O)C(=O)N(c4nnc(SCc5ccccc5F)s4)C3c3ccc(C(C)(C)C)cc3)nc12. The first-order valence-electron chi connectivity index (χ1n) is 14.0. The van der Waals surface area contributed by atoms with Crippen molar-refractivity contribution in [3.63, 3.8) is 0 Å². The van der Waals surface area contributed by atoms with Gasteiger partial charge in [-0.05, 0) is 53.6 Å². The van der Waals surface area contributed by atoms with E-state index in [4.69, 9.17) is 0 Å². The summed E-state index contributed by atoms with van der Waals surface area (Å²) in [4.78, 5) is 33.4. The molecule has 2 aromatic carbocycles. The second-order valence-electron chi connectivity index (χ2n) is 11.7. The zero-order valence-corrected chi connectivity index (χ0v) is 26.5. The summed E-state index contributed by atoms with van der Waals surface area (Å²) in [5.74, 6) is -2.00. The van der Waals surface area contributed by atoms with E-state index >= 15 is 0 Å². The molecular weight excluding hydrogens is 598 g/mol. The first kappa shape index (κ1) is 29.7. The molecule has 11 heteroatoms. The van der Waals surface area contributed by atoms with Gasteiger partial charge in [-0.2, -0.15) is 0 Å². The Morgan fingerprint density at radius 2 is 1.75 bits per heavy atom.